The highest BCUT2D eigenvalue weighted by molar-refractivity contribution is 6.30. The lowest BCUT2D eigenvalue weighted by atomic mass is 9.73. The Bertz CT molecular complexity index is 1300. The van der Waals surface area contributed by atoms with Gasteiger partial charge in [0.2, 0.25) is 17.8 Å². The Morgan fingerprint density at radius 2 is 1.89 bits per heavy atom. The summed E-state index contributed by atoms with van der Waals surface area (Å²) < 4.78 is 31.1. The van der Waals surface area contributed by atoms with Gasteiger partial charge in [-0.3, -0.25) is 9.36 Å². The molecule has 9 nitrogen and oxygen atoms in total. The standard InChI is InChI=1S/C25H30ClF2N7O2/c1-25(22(29)37)7-5-15(6-8-25)35-21-19(12-30-23(34-21)31-14-3-2-4-16(36)11-14)32-24(35)33-20-17(27)9-13(26)10-18(20)28/h9-10,12,14-16,36H,2-8,11H2,1H3,(H2,29,37)(H,32,33)(H,30,31,34)/t14-,15-,16-,25+/m1/s1. The first-order valence-corrected chi connectivity index (χ1v) is 12.9. The molecule has 37 heavy (non-hydrogen) atoms. The van der Waals surface area contributed by atoms with Crippen molar-refractivity contribution >= 4 is 46.3 Å². The molecule has 1 aromatic carbocycles. The van der Waals surface area contributed by atoms with Crippen molar-refractivity contribution in [3.05, 3.63) is 35.0 Å². The molecule has 0 bridgehead atoms. The van der Waals surface area contributed by atoms with Crippen molar-refractivity contribution in [1.82, 2.24) is 19.5 Å². The maximum Gasteiger partial charge on any atom is 0.224 e. The van der Waals surface area contributed by atoms with E-state index in [1.807, 2.05) is 11.5 Å². The lowest BCUT2D eigenvalue weighted by molar-refractivity contribution is -0.128. The molecule has 2 saturated carbocycles. The first-order valence-electron chi connectivity index (χ1n) is 12.5. The quantitative estimate of drug-likeness (QED) is 0.357. The summed E-state index contributed by atoms with van der Waals surface area (Å²) >= 11 is 5.79. The number of halogens is 3. The molecule has 0 radical (unpaired) electrons. The van der Waals surface area contributed by atoms with Crippen LogP contribution in [0.5, 0.6) is 0 Å². The Balaban J connectivity index is 1.52. The molecule has 2 fully saturated rings. The molecule has 12 heteroatoms. The number of fused-ring (bicyclic) bond motifs is 1. The third kappa shape index (κ3) is 5.19. The molecule has 2 heterocycles. The highest BCUT2D eigenvalue weighted by atomic mass is 35.5. The Kier molecular flexibility index (Phi) is 6.93. The van der Waals surface area contributed by atoms with Gasteiger partial charge in [-0.05, 0) is 63.5 Å². The highest BCUT2D eigenvalue weighted by Crippen LogP contribution is 2.43. The Morgan fingerprint density at radius 1 is 1.19 bits per heavy atom. The molecule has 2 aliphatic carbocycles. The van der Waals surface area contributed by atoms with Crippen molar-refractivity contribution in [3.63, 3.8) is 0 Å². The van der Waals surface area contributed by atoms with E-state index in [2.05, 4.69) is 20.6 Å². The number of aromatic nitrogens is 4. The number of imidazole rings is 1. The van der Waals surface area contributed by atoms with E-state index in [1.165, 1.54) is 0 Å². The minimum absolute atomic E-state index is 0.0402. The van der Waals surface area contributed by atoms with Gasteiger partial charge in [0.05, 0.1) is 12.3 Å². The summed E-state index contributed by atoms with van der Waals surface area (Å²) in [5, 5.41) is 16.1. The summed E-state index contributed by atoms with van der Waals surface area (Å²) in [6, 6.07) is 1.95. The van der Waals surface area contributed by atoms with Crippen molar-refractivity contribution in [1.29, 1.82) is 0 Å². The number of nitrogens with two attached hydrogens (primary N) is 1. The molecule has 2 atom stereocenters. The monoisotopic (exact) mass is 533 g/mol. The van der Waals surface area contributed by atoms with Crippen molar-refractivity contribution < 1.29 is 18.7 Å². The van der Waals surface area contributed by atoms with Crippen molar-refractivity contribution in [2.75, 3.05) is 10.6 Å². The largest absolute Gasteiger partial charge is 0.393 e. The first-order chi connectivity index (χ1) is 17.6. The molecule has 5 N–H and O–H groups in total. The summed E-state index contributed by atoms with van der Waals surface area (Å²) in [6.07, 6.45) is 6.73. The number of primary amides is 1. The van der Waals surface area contributed by atoms with Crippen LogP contribution < -0.4 is 16.4 Å². The van der Waals surface area contributed by atoms with E-state index in [9.17, 15) is 18.7 Å². The summed E-state index contributed by atoms with van der Waals surface area (Å²) in [7, 11) is 0. The number of carbonyl (C=O) groups excluding carboxylic acids is 1. The fourth-order valence-electron chi connectivity index (χ4n) is 5.39. The smallest absolute Gasteiger partial charge is 0.224 e. The molecule has 3 aromatic rings. The van der Waals surface area contributed by atoms with Gasteiger partial charge in [0.15, 0.2) is 17.3 Å². The average molecular weight is 534 g/mol. The van der Waals surface area contributed by atoms with Gasteiger partial charge in [-0.1, -0.05) is 18.5 Å². The number of hydrogen-bond acceptors (Lipinski definition) is 7. The minimum atomic E-state index is -0.849. The zero-order valence-corrected chi connectivity index (χ0v) is 21.2. The third-order valence-electron chi connectivity index (χ3n) is 7.67. The van der Waals surface area contributed by atoms with Gasteiger partial charge >= 0.3 is 0 Å². The molecule has 2 aromatic heterocycles. The summed E-state index contributed by atoms with van der Waals surface area (Å²) in [6.45, 7) is 1.86. The number of rotatable bonds is 6. The predicted molar refractivity (Wildman–Crippen MR) is 137 cm³/mol. The van der Waals surface area contributed by atoms with Crippen LogP contribution in [0.2, 0.25) is 5.02 Å². The molecule has 0 unspecified atom stereocenters. The molecular weight excluding hydrogens is 504 g/mol. The van der Waals surface area contributed by atoms with Gasteiger partial charge in [-0.25, -0.2) is 18.7 Å². The normalized spacial score (nSPS) is 26.2. The van der Waals surface area contributed by atoms with E-state index in [1.54, 1.807) is 6.20 Å². The van der Waals surface area contributed by atoms with Crippen LogP contribution >= 0.6 is 11.6 Å². The van der Waals surface area contributed by atoms with Crippen LogP contribution in [0.4, 0.5) is 26.4 Å². The number of nitrogens with zero attached hydrogens (tertiary/aromatic N) is 4. The van der Waals surface area contributed by atoms with E-state index in [0.29, 0.717) is 49.2 Å². The maximum atomic E-state index is 14.6. The number of benzene rings is 1. The second kappa shape index (κ2) is 10.0. The second-order valence-corrected chi connectivity index (χ2v) is 10.8. The van der Waals surface area contributed by atoms with E-state index in [-0.39, 0.29) is 40.8 Å². The maximum absolute atomic E-state index is 14.6. The van der Waals surface area contributed by atoms with E-state index in [0.717, 1.165) is 31.4 Å². The molecule has 5 rings (SSSR count). The van der Waals surface area contributed by atoms with E-state index in [4.69, 9.17) is 22.3 Å². The Morgan fingerprint density at radius 3 is 2.54 bits per heavy atom. The van der Waals surface area contributed by atoms with Crippen LogP contribution in [0.15, 0.2) is 18.3 Å². The van der Waals surface area contributed by atoms with Gasteiger partial charge in [0.25, 0.3) is 0 Å². The highest BCUT2D eigenvalue weighted by Gasteiger charge is 2.38. The molecule has 0 spiro atoms. The summed E-state index contributed by atoms with van der Waals surface area (Å²) in [5.74, 6) is -1.44. The molecule has 0 aliphatic heterocycles. The zero-order valence-electron chi connectivity index (χ0n) is 20.5. The lowest BCUT2D eigenvalue weighted by Gasteiger charge is -2.35. The third-order valence-corrected chi connectivity index (χ3v) is 7.89. The molecule has 1 amide bonds. The molecular formula is C25H30ClF2N7O2. The van der Waals surface area contributed by atoms with Crippen LogP contribution in [0.1, 0.15) is 64.3 Å². The minimum Gasteiger partial charge on any atom is -0.393 e. The lowest BCUT2D eigenvalue weighted by Crippen LogP contribution is -2.38. The number of anilines is 3. The van der Waals surface area contributed by atoms with Crippen LogP contribution in [-0.4, -0.2) is 42.7 Å². The van der Waals surface area contributed by atoms with Crippen LogP contribution in [0.25, 0.3) is 11.2 Å². The second-order valence-electron chi connectivity index (χ2n) is 10.4. The fraction of sp³-hybridized carbons (Fsp3) is 0.520. The molecule has 2 aliphatic rings. The molecule has 0 saturated heterocycles. The number of hydrogen-bond donors (Lipinski definition) is 4. The van der Waals surface area contributed by atoms with Crippen molar-refractivity contribution in [2.45, 2.75) is 76.5 Å². The zero-order chi connectivity index (χ0) is 26.3. The van der Waals surface area contributed by atoms with Crippen molar-refractivity contribution in [2.24, 2.45) is 11.1 Å². The van der Waals surface area contributed by atoms with Crippen LogP contribution in [0, 0.1) is 17.0 Å². The van der Waals surface area contributed by atoms with Gasteiger partial charge in [0, 0.05) is 22.5 Å². The number of aliphatic hydroxyl groups is 1. The first kappa shape index (κ1) is 25.6. The average Bonchev–Trinajstić information content (AvgIpc) is 3.19. The van der Waals surface area contributed by atoms with Gasteiger partial charge in [-0.2, -0.15) is 4.98 Å². The topological polar surface area (TPSA) is 131 Å². The van der Waals surface area contributed by atoms with Gasteiger partial charge in [-0.15, -0.1) is 0 Å². The Hall–Kier alpha value is -3.05. The van der Waals surface area contributed by atoms with E-state index >= 15 is 0 Å². The molecule has 198 valence electrons. The fourth-order valence-corrected chi connectivity index (χ4v) is 5.58. The number of nitrogens with one attached hydrogen (secondary N) is 2. The van der Waals surface area contributed by atoms with Crippen LogP contribution in [0.3, 0.4) is 0 Å². The van der Waals surface area contributed by atoms with Gasteiger partial charge < -0.3 is 21.5 Å². The van der Waals surface area contributed by atoms with Crippen LogP contribution in [-0.2, 0) is 4.79 Å². The predicted octanol–water partition coefficient (Wildman–Crippen LogP) is 4.82. The number of amides is 1. The summed E-state index contributed by atoms with van der Waals surface area (Å²) in [5.41, 5.74) is 5.61. The summed E-state index contributed by atoms with van der Waals surface area (Å²) in [4.78, 5) is 25.7. The Labute approximate surface area is 217 Å². The van der Waals surface area contributed by atoms with Gasteiger partial charge in [0.1, 0.15) is 11.2 Å². The number of aliphatic hydroxyl groups excluding tert-OH is 1. The van der Waals surface area contributed by atoms with E-state index < -0.39 is 17.0 Å². The van der Waals surface area contributed by atoms with Crippen molar-refractivity contribution in [3.8, 4) is 0 Å². The SMILES string of the molecule is C[C@]1(C(N)=O)CC[C@@H](n2c(Nc3c(F)cc(Cl)cc3F)nc3cnc(N[C@@H]4CCC[C@@H](O)C4)nc32)CC1. The number of carbonyl (C=O) groups is 1.